The summed E-state index contributed by atoms with van der Waals surface area (Å²) in [6, 6.07) is 0. The average Bonchev–Trinajstić information content (AvgIpc) is 3.19. The number of carbonyl (C=O) groups is 1. The number of thiazole rings is 1. The van der Waals surface area contributed by atoms with E-state index in [1.165, 1.54) is 19.3 Å². The second-order valence-electron chi connectivity index (χ2n) is 5.73. The molecule has 3 rings (SSSR count). The number of hydrogen-bond acceptors (Lipinski definition) is 4. The van der Waals surface area contributed by atoms with E-state index < -0.39 is 0 Å². The molecule has 3 N–H and O–H groups in total. The normalized spacial score (nSPS) is 27.2. The van der Waals surface area contributed by atoms with Gasteiger partial charge in [-0.3, -0.25) is 4.79 Å². The van der Waals surface area contributed by atoms with Gasteiger partial charge in [-0.15, -0.1) is 11.3 Å². The van der Waals surface area contributed by atoms with Crippen molar-refractivity contribution in [3.05, 3.63) is 11.1 Å². The summed E-state index contributed by atoms with van der Waals surface area (Å²) in [7, 11) is 0. The molecule has 1 amide bonds. The molecule has 2 aliphatic carbocycles. The number of amides is 1. The van der Waals surface area contributed by atoms with Gasteiger partial charge in [0.25, 0.3) is 0 Å². The third-order valence-corrected chi connectivity index (χ3v) is 5.07. The van der Waals surface area contributed by atoms with Crippen LogP contribution in [0.15, 0.2) is 5.38 Å². The Bertz CT molecular complexity index is 455. The highest BCUT2D eigenvalue weighted by molar-refractivity contribution is 7.13. The van der Waals surface area contributed by atoms with Crippen LogP contribution in [0.1, 0.15) is 50.1 Å². The van der Waals surface area contributed by atoms with Crippen molar-refractivity contribution in [2.75, 3.05) is 11.9 Å². The highest BCUT2D eigenvalue weighted by Gasteiger charge is 2.31. The Hall–Kier alpha value is -0.940. The van der Waals surface area contributed by atoms with Crippen molar-refractivity contribution in [1.82, 2.24) is 4.98 Å². The van der Waals surface area contributed by atoms with Gasteiger partial charge in [0.15, 0.2) is 5.13 Å². The fraction of sp³-hybridized carbons (Fsp3) is 0.714. The van der Waals surface area contributed by atoms with E-state index in [0.717, 1.165) is 30.1 Å². The number of nitrogens with zero attached hydrogens (tertiary/aromatic N) is 1. The first-order valence-electron chi connectivity index (χ1n) is 7.24. The lowest BCUT2D eigenvalue weighted by molar-refractivity contribution is -0.122. The van der Waals surface area contributed by atoms with Gasteiger partial charge < -0.3 is 11.1 Å². The van der Waals surface area contributed by atoms with Crippen LogP contribution in [-0.4, -0.2) is 17.4 Å². The zero-order chi connectivity index (χ0) is 13.2. The van der Waals surface area contributed by atoms with Crippen molar-refractivity contribution < 1.29 is 4.79 Å². The van der Waals surface area contributed by atoms with Crippen molar-refractivity contribution in [2.45, 2.75) is 44.4 Å². The van der Waals surface area contributed by atoms with Gasteiger partial charge in [-0.1, -0.05) is 12.8 Å². The van der Waals surface area contributed by atoms with Crippen molar-refractivity contribution in [3.63, 3.8) is 0 Å². The fourth-order valence-corrected chi connectivity index (χ4v) is 3.74. The monoisotopic (exact) mass is 279 g/mol. The van der Waals surface area contributed by atoms with Crippen LogP contribution < -0.4 is 11.1 Å². The van der Waals surface area contributed by atoms with Gasteiger partial charge in [0.1, 0.15) is 0 Å². The molecular weight excluding hydrogens is 258 g/mol. The number of anilines is 1. The summed E-state index contributed by atoms with van der Waals surface area (Å²) in [5.74, 6) is 1.18. The first-order valence-corrected chi connectivity index (χ1v) is 8.12. The number of hydrogen-bond donors (Lipinski definition) is 2. The van der Waals surface area contributed by atoms with E-state index in [1.54, 1.807) is 11.3 Å². The predicted octanol–water partition coefficient (Wildman–Crippen LogP) is 2.72. The van der Waals surface area contributed by atoms with Crippen LogP contribution in [0.5, 0.6) is 0 Å². The van der Waals surface area contributed by atoms with Gasteiger partial charge in [-0.25, -0.2) is 4.98 Å². The second kappa shape index (κ2) is 5.59. The molecule has 104 valence electrons. The maximum Gasteiger partial charge on any atom is 0.229 e. The standard InChI is InChI=1S/C14H21N3OS/c15-7-10-3-1-2-4-11(10)13(18)17-14-16-12(8-19-14)9-5-6-9/h8-11H,1-7,15H2,(H,16,17,18). The van der Waals surface area contributed by atoms with E-state index in [2.05, 4.69) is 15.7 Å². The quantitative estimate of drug-likeness (QED) is 0.890. The minimum atomic E-state index is 0.0759. The summed E-state index contributed by atoms with van der Waals surface area (Å²) in [4.78, 5) is 16.8. The van der Waals surface area contributed by atoms with Gasteiger partial charge >= 0.3 is 0 Å². The van der Waals surface area contributed by atoms with E-state index in [1.807, 2.05) is 0 Å². The van der Waals surface area contributed by atoms with Crippen molar-refractivity contribution in [3.8, 4) is 0 Å². The van der Waals surface area contributed by atoms with Crippen LogP contribution in [0.2, 0.25) is 0 Å². The Morgan fingerprint density at radius 1 is 1.37 bits per heavy atom. The Morgan fingerprint density at radius 2 is 2.16 bits per heavy atom. The van der Waals surface area contributed by atoms with E-state index in [4.69, 9.17) is 5.73 Å². The maximum absolute atomic E-state index is 12.3. The predicted molar refractivity (Wildman–Crippen MR) is 77.2 cm³/mol. The molecule has 2 aliphatic rings. The zero-order valence-corrected chi connectivity index (χ0v) is 11.9. The Labute approximate surface area is 117 Å². The molecule has 0 radical (unpaired) electrons. The summed E-state index contributed by atoms with van der Waals surface area (Å²) in [6.45, 7) is 0.614. The fourth-order valence-electron chi connectivity index (χ4n) is 2.94. The number of rotatable bonds is 4. The van der Waals surface area contributed by atoms with E-state index in [9.17, 15) is 4.79 Å². The highest BCUT2D eigenvalue weighted by atomic mass is 32.1. The molecule has 1 heterocycles. The van der Waals surface area contributed by atoms with Crippen LogP contribution in [-0.2, 0) is 4.79 Å². The van der Waals surface area contributed by atoms with Gasteiger partial charge in [0.2, 0.25) is 5.91 Å². The molecule has 0 aromatic carbocycles. The molecular formula is C14H21N3OS. The van der Waals surface area contributed by atoms with E-state index in [0.29, 0.717) is 18.4 Å². The smallest absolute Gasteiger partial charge is 0.229 e. The van der Waals surface area contributed by atoms with Crippen molar-refractivity contribution >= 4 is 22.4 Å². The highest BCUT2D eigenvalue weighted by Crippen LogP contribution is 2.41. The van der Waals surface area contributed by atoms with Crippen molar-refractivity contribution in [2.24, 2.45) is 17.6 Å². The van der Waals surface area contributed by atoms with Crippen LogP contribution in [0, 0.1) is 11.8 Å². The van der Waals surface area contributed by atoms with Gasteiger partial charge in [-0.2, -0.15) is 0 Å². The van der Waals surface area contributed by atoms with Crippen LogP contribution in [0.25, 0.3) is 0 Å². The topological polar surface area (TPSA) is 68.0 Å². The first-order chi connectivity index (χ1) is 9.28. The minimum absolute atomic E-state index is 0.0759. The maximum atomic E-state index is 12.3. The SMILES string of the molecule is NCC1CCCCC1C(=O)Nc1nc(C2CC2)cs1. The molecule has 1 aromatic heterocycles. The van der Waals surface area contributed by atoms with Gasteiger partial charge in [0.05, 0.1) is 5.69 Å². The van der Waals surface area contributed by atoms with Crippen molar-refractivity contribution in [1.29, 1.82) is 0 Å². The van der Waals surface area contributed by atoms with Gasteiger partial charge in [-0.05, 0) is 38.1 Å². The molecule has 2 atom stereocenters. The molecule has 19 heavy (non-hydrogen) atoms. The largest absolute Gasteiger partial charge is 0.330 e. The summed E-state index contributed by atoms with van der Waals surface area (Å²) >= 11 is 1.54. The Morgan fingerprint density at radius 3 is 2.89 bits per heavy atom. The van der Waals surface area contributed by atoms with Crippen LogP contribution >= 0.6 is 11.3 Å². The molecule has 2 fully saturated rings. The van der Waals surface area contributed by atoms with Gasteiger partial charge in [0, 0.05) is 17.2 Å². The number of aromatic nitrogens is 1. The molecule has 4 nitrogen and oxygen atoms in total. The zero-order valence-electron chi connectivity index (χ0n) is 11.1. The Kier molecular flexibility index (Phi) is 3.84. The average molecular weight is 279 g/mol. The van der Waals surface area contributed by atoms with Crippen LogP contribution in [0.3, 0.4) is 0 Å². The minimum Gasteiger partial charge on any atom is -0.330 e. The summed E-state index contributed by atoms with van der Waals surface area (Å²) in [5.41, 5.74) is 6.94. The molecule has 0 bridgehead atoms. The lowest BCUT2D eigenvalue weighted by Gasteiger charge is -2.29. The summed E-state index contributed by atoms with van der Waals surface area (Å²) in [6.07, 6.45) is 6.88. The molecule has 5 heteroatoms. The molecule has 2 unspecified atom stereocenters. The van der Waals surface area contributed by atoms with E-state index in [-0.39, 0.29) is 11.8 Å². The third-order valence-electron chi connectivity index (χ3n) is 4.30. The third kappa shape index (κ3) is 2.98. The van der Waals surface area contributed by atoms with Crippen LogP contribution in [0.4, 0.5) is 5.13 Å². The lowest BCUT2D eigenvalue weighted by Crippen LogP contribution is -2.35. The second-order valence-corrected chi connectivity index (χ2v) is 6.59. The number of nitrogens with one attached hydrogen (secondary N) is 1. The number of nitrogens with two attached hydrogens (primary N) is 1. The summed E-state index contributed by atoms with van der Waals surface area (Å²) in [5, 5.41) is 5.83. The summed E-state index contributed by atoms with van der Waals surface area (Å²) < 4.78 is 0. The molecule has 2 saturated carbocycles. The Balaban J connectivity index is 1.62. The number of carbonyl (C=O) groups excluding carboxylic acids is 1. The molecule has 0 aliphatic heterocycles. The van der Waals surface area contributed by atoms with E-state index >= 15 is 0 Å². The molecule has 0 saturated heterocycles. The molecule has 0 spiro atoms. The first kappa shape index (κ1) is 13.1. The molecule has 1 aromatic rings. The lowest BCUT2D eigenvalue weighted by atomic mass is 9.79.